The predicted octanol–water partition coefficient (Wildman–Crippen LogP) is 0.526. The molecule has 0 radical (unpaired) electrons. The van der Waals surface area contributed by atoms with E-state index in [9.17, 15) is 14.0 Å². The molecule has 0 unspecified atom stereocenters. The van der Waals surface area contributed by atoms with Crippen molar-refractivity contribution in [2.24, 2.45) is 16.9 Å². The van der Waals surface area contributed by atoms with Crippen molar-refractivity contribution in [3.8, 4) is 0 Å². The Balaban J connectivity index is 2.70. The van der Waals surface area contributed by atoms with E-state index in [0.29, 0.717) is 12.1 Å². The molecule has 0 saturated heterocycles. The lowest BCUT2D eigenvalue weighted by molar-refractivity contribution is -0.125. The summed E-state index contributed by atoms with van der Waals surface area (Å²) in [6, 6.07) is 3.91. The molecule has 1 rings (SSSR count). The molecule has 1 aromatic carbocycles. The highest BCUT2D eigenvalue weighted by Crippen LogP contribution is 2.14. The van der Waals surface area contributed by atoms with Gasteiger partial charge >= 0.3 is 0 Å². The van der Waals surface area contributed by atoms with Gasteiger partial charge in [-0.05, 0) is 32.0 Å². The zero-order valence-electron chi connectivity index (χ0n) is 11.0. The summed E-state index contributed by atoms with van der Waals surface area (Å²) in [5.74, 6) is -1.49. The van der Waals surface area contributed by atoms with Crippen LogP contribution in [-0.4, -0.2) is 18.4 Å². The number of benzene rings is 1. The highest BCUT2D eigenvalue weighted by Gasteiger charge is 2.24. The molecule has 0 aliphatic carbocycles. The molecule has 19 heavy (non-hydrogen) atoms. The summed E-state index contributed by atoms with van der Waals surface area (Å²) in [6.45, 7) is 3.88. The lowest BCUT2D eigenvalue weighted by Gasteiger charge is -2.21. The summed E-state index contributed by atoms with van der Waals surface area (Å²) in [4.78, 5) is 22.1. The highest BCUT2D eigenvalue weighted by atomic mass is 19.1. The number of carbonyl (C=O) groups is 2. The molecule has 2 amide bonds. The minimum Gasteiger partial charge on any atom is -0.369 e. The van der Waals surface area contributed by atoms with E-state index in [2.05, 4.69) is 5.32 Å². The molecule has 0 saturated carbocycles. The van der Waals surface area contributed by atoms with E-state index in [0.717, 1.165) is 0 Å². The van der Waals surface area contributed by atoms with Gasteiger partial charge in [-0.3, -0.25) is 9.59 Å². The zero-order valence-corrected chi connectivity index (χ0v) is 11.0. The Bertz CT molecular complexity index is 501. The first-order valence-corrected chi connectivity index (χ1v) is 5.83. The average Bonchev–Trinajstić information content (AvgIpc) is 2.30. The maximum atomic E-state index is 13.5. The molecule has 0 aromatic heterocycles. The van der Waals surface area contributed by atoms with E-state index in [1.165, 1.54) is 18.2 Å². The third kappa shape index (κ3) is 4.03. The van der Waals surface area contributed by atoms with Gasteiger partial charge in [-0.25, -0.2) is 4.39 Å². The van der Waals surface area contributed by atoms with Crippen LogP contribution in [0, 0.1) is 11.2 Å². The molecule has 0 aliphatic heterocycles. The third-order valence-corrected chi connectivity index (χ3v) is 2.88. The summed E-state index contributed by atoms with van der Waals surface area (Å²) in [5, 5.41) is 2.94. The molecule has 0 atom stereocenters. The number of rotatable bonds is 6. The number of hydrogen-bond acceptors (Lipinski definition) is 3. The summed E-state index contributed by atoms with van der Waals surface area (Å²) >= 11 is 0. The number of primary amides is 2. The van der Waals surface area contributed by atoms with E-state index in [1.54, 1.807) is 13.8 Å². The Kier molecular flexibility index (Phi) is 4.61. The zero-order chi connectivity index (χ0) is 14.6. The molecular weight excluding hydrogens is 249 g/mol. The Morgan fingerprint density at radius 3 is 2.47 bits per heavy atom. The molecule has 5 N–H and O–H groups in total. The SMILES string of the molecule is CC(C)(CNCc1cc(C(N)=O)ccc1F)C(N)=O. The fraction of sp³-hybridized carbons (Fsp3) is 0.385. The minimum absolute atomic E-state index is 0.184. The normalized spacial score (nSPS) is 11.3. The Morgan fingerprint density at radius 1 is 1.32 bits per heavy atom. The Morgan fingerprint density at radius 2 is 1.95 bits per heavy atom. The number of carbonyl (C=O) groups excluding carboxylic acids is 2. The topological polar surface area (TPSA) is 98.2 Å². The average molecular weight is 267 g/mol. The molecular formula is C13H18FN3O2. The van der Waals surface area contributed by atoms with Crippen LogP contribution < -0.4 is 16.8 Å². The lowest BCUT2D eigenvalue weighted by atomic mass is 9.92. The molecule has 0 fully saturated rings. The van der Waals surface area contributed by atoms with Crippen LogP contribution in [0.15, 0.2) is 18.2 Å². The van der Waals surface area contributed by atoms with Crippen molar-refractivity contribution in [2.75, 3.05) is 6.54 Å². The van der Waals surface area contributed by atoms with E-state index < -0.39 is 23.0 Å². The van der Waals surface area contributed by atoms with Crippen molar-refractivity contribution >= 4 is 11.8 Å². The number of nitrogens with two attached hydrogens (primary N) is 2. The molecule has 6 heteroatoms. The molecule has 0 heterocycles. The third-order valence-electron chi connectivity index (χ3n) is 2.88. The quantitative estimate of drug-likeness (QED) is 0.701. The summed E-state index contributed by atoms with van der Waals surface area (Å²) in [5.41, 5.74) is 10.2. The molecule has 0 spiro atoms. The van der Waals surface area contributed by atoms with Gasteiger partial charge in [0.05, 0.1) is 5.41 Å². The van der Waals surface area contributed by atoms with Gasteiger partial charge < -0.3 is 16.8 Å². The number of hydrogen-bond donors (Lipinski definition) is 3. The molecule has 1 aromatic rings. The van der Waals surface area contributed by atoms with Crippen LogP contribution in [0.2, 0.25) is 0 Å². The first-order chi connectivity index (χ1) is 8.74. The van der Waals surface area contributed by atoms with Crippen LogP contribution >= 0.6 is 0 Å². The second-order valence-corrected chi connectivity index (χ2v) is 5.02. The van der Waals surface area contributed by atoms with Crippen molar-refractivity contribution in [2.45, 2.75) is 20.4 Å². The van der Waals surface area contributed by atoms with Crippen LogP contribution in [0.3, 0.4) is 0 Å². The van der Waals surface area contributed by atoms with E-state index in [-0.39, 0.29) is 12.1 Å². The van der Waals surface area contributed by atoms with Gasteiger partial charge in [0.1, 0.15) is 5.82 Å². The first-order valence-electron chi connectivity index (χ1n) is 5.83. The summed E-state index contributed by atoms with van der Waals surface area (Å²) < 4.78 is 13.5. The van der Waals surface area contributed by atoms with Crippen LogP contribution in [0.25, 0.3) is 0 Å². The second-order valence-electron chi connectivity index (χ2n) is 5.02. The molecule has 0 bridgehead atoms. The fourth-order valence-electron chi connectivity index (χ4n) is 1.46. The Hall–Kier alpha value is -1.95. The first kappa shape index (κ1) is 15.1. The van der Waals surface area contributed by atoms with Gasteiger partial charge in [-0.15, -0.1) is 0 Å². The maximum Gasteiger partial charge on any atom is 0.248 e. The van der Waals surface area contributed by atoms with Gasteiger partial charge in [-0.1, -0.05) is 0 Å². The molecule has 5 nitrogen and oxygen atoms in total. The number of amides is 2. The van der Waals surface area contributed by atoms with E-state index in [4.69, 9.17) is 11.5 Å². The summed E-state index contributed by atoms with van der Waals surface area (Å²) in [7, 11) is 0. The van der Waals surface area contributed by atoms with Crippen LogP contribution in [-0.2, 0) is 11.3 Å². The van der Waals surface area contributed by atoms with Gasteiger partial charge in [0.2, 0.25) is 11.8 Å². The lowest BCUT2D eigenvalue weighted by Crippen LogP contribution is -2.40. The van der Waals surface area contributed by atoms with Crippen molar-refractivity contribution in [3.63, 3.8) is 0 Å². The van der Waals surface area contributed by atoms with Gasteiger partial charge in [-0.2, -0.15) is 0 Å². The minimum atomic E-state index is -0.724. The summed E-state index contributed by atoms with van der Waals surface area (Å²) in [6.07, 6.45) is 0. The van der Waals surface area contributed by atoms with Crippen LogP contribution in [0.1, 0.15) is 29.8 Å². The van der Waals surface area contributed by atoms with Gasteiger partial charge in [0.25, 0.3) is 0 Å². The largest absolute Gasteiger partial charge is 0.369 e. The number of nitrogens with one attached hydrogen (secondary N) is 1. The fourth-order valence-corrected chi connectivity index (χ4v) is 1.46. The van der Waals surface area contributed by atoms with Crippen LogP contribution in [0.4, 0.5) is 4.39 Å². The van der Waals surface area contributed by atoms with Crippen molar-refractivity contribution in [1.82, 2.24) is 5.32 Å². The van der Waals surface area contributed by atoms with Gasteiger partial charge in [0.15, 0.2) is 0 Å². The van der Waals surface area contributed by atoms with Crippen molar-refractivity contribution < 1.29 is 14.0 Å². The Labute approximate surface area is 111 Å². The molecule has 104 valence electrons. The van der Waals surface area contributed by atoms with Crippen molar-refractivity contribution in [3.05, 3.63) is 35.1 Å². The van der Waals surface area contributed by atoms with E-state index in [1.807, 2.05) is 0 Å². The second kappa shape index (κ2) is 5.79. The molecule has 0 aliphatic rings. The number of halogens is 1. The predicted molar refractivity (Wildman–Crippen MR) is 69.6 cm³/mol. The van der Waals surface area contributed by atoms with Crippen LogP contribution in [0.5, 0.6) is 0 Å². The monoisotopic (exact) mass is 267 g/mol. The van der Waals surface area contributed by atoms with Crippen molar-refractivity contribution in [1.29, 1.82) is 0 Å². The standard InChI is InChI=1S/C13H18FN3O2/c1-13(2,12(16)19)7-17-6-9-5-8(11(15)18)3-4-10(9)14/h3-5,17H,6-7H2,1-2H3,(H2,15,18)(H2,16,19). The maximum absolute atomic E-state index is 13.5. The van der Waals surface area contributed by atoms with E-state index >= 15 is 0 Å². The highest BCUT2D eigenvalue weighted by molar-refractivity contribution is 5.92. The smallest absolute Gasteiger partial charge is 0.248 e. The van der Waals surface area contributed by atoms with Gasteiger partial charge in [0, 0.05) is 24.2 Å².